The van der Waals surface area contributed by atoms with Gasteiger partial charge in [-0.05, 0) is 50.5 Å². The highest BCUT2D eigenvalue weighted by molar-refractivity contribution is 5.94. The molecule has 1 aliphatic heterocycles. The molecular weight excluding hydrogens is 336 g/mol. The van der Waals surface area contributed by atoms with Gasteiger partial charge < -0.3 is 19.7 Å². The Balaban J connectivity index is 1.81. The van der Waals surface area contributed by atoms with Gasteiger partial charge in [-0.2, -0.15) is 0 Å². The average Bonchev–Trinajstić information content (AvgIpc) is 2.63. The van der Waals surface area contributed by atoms with E-state index in [-0.39, 0.29) is 24.5 Å². The molecule has 0 spiro atoms. The van der Waals surface area contributed by atoms with Gasteiger partial charge in [0.05, 0.1) is 6.61 Å². The fraction of sp³-hybridized carbons (Fsp3) is 0.526. The molecule has 1 N–H and O–H groups in total. The maximum Gasteiger partial charge on any atom is 0.513 e. The number of nitrogens with one attached hydrogen (secondary N) is 1. The van der Waals surface area contributed by atoms with E-state index in [9.17, 15) is 14.4 Å². The number of hydrogen-bond acceptors (Lipinski definition) is 5. The Labute approximate surface area is 153 Å². The van der Waals surface area contributed by atoms with E-state index >= 15 is 0 Å². The Morgan fingerprint density at radius 1 is 1.12 bits per heavy atom. The van der Waals surface area contributed by atoms with Crippen molar-refractivity contribution in [3.05, 3.63) is 29.8 Å². The SMILES string of the molecule is CCCC(=O)N1CCC(NC(=O)c2ccc(OC(=O)OCC)cc2)CC1. The first kappa shape index (κ1) is 19.8. The lowest BCUT2D eigenvalue weighted by molar-refractivity contribution is -0.132. The molecule has 7 nitrogen and oxygen atoms in total. The summed E-state index contributed by atoms with van der Waals surface area (Å²) >= 11 is 0. The van der Waals surface area contributed by atoms with Crippen LogP contribution < -0.4 is 10.1 Å². The van der Waals surface area contributed by atoms with Crippen molar-refractivity contribution in [1.82, 2.24) is 10.2 Å². The number of benzene rings is 1. The lowest BCUT2D eigenvalue weighted by Gasteiger charge is -2.32. The minimum atomic E-state index is -0.769. The van der Waals surface area contributed by atoms with E-state index in [2.05, 4.69) is 5.32 Å². The third-order valence-corrected chi connectivity index (χ3v) is 4.23. The summed E-state index contributed by atoms with van der Waals surface area (Å²) in [5, 5.41) is 3.00. The zero-order valence-corrected chi connectivity index (χ0v) is 15.3. The Bertz CT molecular complexity index is 621. The first-order valence-corrected chi connectivity index (χ1v) is 9.06. The van der Waals surface area contributed by atoms with Crippen molar-refractivity contribution in [3.63, 3.8) is 0 Å². The van der Waals surface area contributed by atoms with Crippen LogP contribution in [0.4, 0.5) is 4.79 Å². The van der Waals surface area contributed by atoms with Crippen molar-refractivity contribution in [2.75, 3.05) is 19.7 Å². The Kier molecular flexibility index (Phi) is 7.44. The van der Waals surface area contributed by atoms with Gasteiger partial charge >= 0.3 is 6.16 Å². The molecule has 0 saturated carbocycles. The van der Waals surface area contributed by atoms with Crippen LogP contribution in [0, 0.1) is 0 Å². The van der Waals surface area contributed by atoms with Gasteiger partial charge in [0.2, 0.25) is 5.91 Å². The van der Waals surface area contributed by atoms with Crippen molar-refractivity contribution in [2.24, 2.45) is 0 Å². The number of rotatable bonds is 6. The van der Waals surface area contributed by atoms with Gasteiger partial charge in [-0.25, -0.2) is 4.79 Å². The lowest BCUT2D eigenvalue weighted by Crippen LogP contribution is -2.46. The van der Waals surface area contributed by atoms with E-state index in [0.717, 1.165) is 19.3 Å². The summed E-state index contributed by atoms with van der Waals surface area (Å²) in [6.07, 6.45) is 2.17. The van der Waals surface area contributed by atoms with E-state index < -0.39 is 6.16 Å². The molecule has 0 aliphatic carbocycles. The molecule has 1 fully saturated rings. The highest BCUT2D eigenvalue weighted by Gasteiger charge is 2.23. The molecule has 1 saturated heterocycles. The maximum atomic E-state index is 12.3. The third-order valence-electron chi connectivity index (χ3n) is 4.23. The van der Waals surface area contributed by atoms with E-state index in [1.807, 2.05) is 11.8 Å². The summed E-state index contributed by atoms with van der Waals surface area (Å²) in [4.78, 5) is 37.4. The molecule has 0 atom stereocenters. The summed E-state index contributed by atoms with van der Waals surface area (Å²) < 4.78 is 9.66. The van der Waals surface area contributed by atoms with Crippen LogP contribution in [0.1, 0.15) is 49.9 Å². The van der Waals surface area contributed by atoms with Crippen molar-refractivity contribution >= 4 is 18.0 Å². The number of nitrogens with zero attached hydrogens (tertiary/aromatic N) is 1. The maximum absolute atomic E-state index is 12.3. The average molecular weight is 362 g/mol. The van der Waals surface area contributed by atoms with E-state index in [0.29, 0.717) is 30.8 Å². The Hall–Kier alpha value is -2.57. The predicted molar refractivity (Wildman–Crippen MR) is 96.1 cm³/mol. The van der Waals surface area contributed by atoms with Crippen molar-refractivity contribution in [3.8, 4) is 5.75 Å². The fourth-order valence-corrected chi connectivity index (χ4v) is 2.83. The second-order valence-electron chi connectivity index (χ2n) is 6.19. The molecule has 2 rings (SSSR count). The first-order chi connectivity index (χ1) is 12.5. The first-order valence-electron chi connectivity index (χ1n) is 9.06. The highest BCUT2D eigenvalue weighted by Crippen LogP contribution is 2.15. The van der Waals surface area contributed by atoms with Gasteiger partial charge in [0.15, 0.2) is 0 Å². The Morgan fingerprint density at radius 3 is 2.35 bits per heavy atom. The summed E-state index contributed by atoms with van der Waals surface area (Å²) in [6.45, 7) is 5.28. The lowest BCUT2D eigenvalue weighted by atomic mass is 10.0. The molecule has 26 heavy (non-hydrogen) atoms. The zero-order chi connectivity index (χ0) is 18.9. The summed E-state index contributed by atoms with van der Waals surface area (Å²) in [7, 11) is 0. The van der Waals surface area contributed by atoms with Crippen LogP contribution in [0.2, 0.25) is 0 Å². The van der Waals surface area contributed by atoms with Crippen molar-refractivity contribution in [2.45, 2.75) is 45.6 Å². The van der Waals surface area contributed by atoms with Crippen LogP contribution in [-0.2, 0) is 9.53 Å². The molecule has 0 unspecified atom stereocenters. The Morgan fingerprint density at radius 2 is 1.77 bits per heavy atom. The number of carbonyl (C=O) groups is 3. The molecular formula is C19H26N2O5. The van der Waals surface area contributed by atoms with Crippen LogP contribution in [0.3, 0.4) is 0 Å². The van der Waals surface area contributed by atoms with Gasteiger partial charge in [-0.3, -0.25) is 9.59 Å². The number of carbonyl (C=O) groups excluding carboxylic acids is 3. The van der Waals surface area contributed by atoms with E-state index in [1.54, 1.807) is 31.2 Å². The summed E-state index contributed by atoms with van der Waals surface area (Å²) in [6, 6.07) is 6.37. The second kappa shape index (κ2) is 9.79. The number of hydrogen-bond donors (Lipinski definition) is 1. The molecule has 1 heterocycles. The minimum absolute atomic E-state index is 0.0589. The number of piperidine rings is 1. The number of amides is 2. The molecule has 2 amide bonds. The van der Waals surface area contributed by atoms with Crippen LogP contribution in [0.5, 0.6) is 5.75 Å². The number of likely N-dealkylation sites (tertiary alicyclic amines) is 1. The van der Waals surface area contributed by atoms with E-state index in [4.69, 9.17) is 9.47 Å². The largest absolute Gasteiger partial charge is 0.513 e. The highest BCUT2D eigenvalue weighted by atomic mass is 16.7. The molecule has 0 bridgehead atoms. The topological polar surface area (TPSA) is 84.9 Å². The van der Waals surface area contributed by atoms with Gasteiger partial charge in [0.1, 0.15) is 5.75 Å². The molecule has 142 valence electrons. The van der Waals surface area contributed by atoms with Crippen LogP contribution in [-0.4, -0.2) is 48.6 Å². The summed E-state index contributed by atoms with van der Waals surface area (Å²) in [5.74, 6) is 0.336. The zero-order valence-electron chi connectivity index (χ0n) is 15.3. The molecule has 7 heteroatoms. The molecule has 1 aromatic carbocycles. The quantitative estimate of drug-likeness (QED) is 0.621. The monoisotopic (exact) mass is 362 g/mol. The number of ether oxygens (including phenoxy) is 2. The standard InChI is InChI=1S/C19H26N2O5/c1-3-5-17(22)21-12-10-15(11-13-21)20-18(23)14-6-8-16(9-7-14)26-19(24)25-4-2/h6-9,15H,3-5,10-13H2,1-2H3,(H,20,23). The van der Waals surface area contributed by atoms with Crippen LogP contribution >= 0.6 is 0 Å². The van der Waals surface area contributed by atoms with Crippen molar-refractivity contribution < 1.29 is 23.9 Å². The van der Waals surface area contributed by atoms with Crippen molar-refractivity contribution in [1.29, 1.82) is 0 Å². The summed E-state index contributed by atoms with van der Waals surface area (Å²) in [5.41, 5.74) is 0.491. The van der Waals surface area contributed by atoms with Crippen LogP contribution in [0.25, 0.3) is 0 Å². The fourth-order valence-electron chi connectivity index (χ4n) is 2.83. The van der Waals surface area contributed by atoms with Gasteiger partial charge in [-0.15, -0.1) is 0 Å². The smallest absolute Gasteiger partial charge is 0.434 e. The molecule has 0 aromatic heterocycles. The molecule has 1 aromatic rings. The minimum Gasteiger partial charge on any atom is -0.434 e. The molecule has 0 radical (unpaired) electrons. The van der Waals surface area contributed by atoms with Gasteiger partial charge in [-0.1, -0.05) is 6.92 Å². The predicted octanol–water partition coefficient (Wildman–Crippen LogP) is 2.74. The van der Waals surface area contributed by atoms with Crippen LogP contribution in [0.15, 0.2) is 24.3 Å². The second-order valence-corrected chi connectivity index (χ2v) is 6.19. The third kappa shape index (κ3) is 5.75. The molecule has 1 aliphatic rings. The van der Waals surface area contributed by atoms with Gasteiger partial charge in [0, 0.05) is 31.1 Å². The van der Waals surface area contributed by atoms with E-state index in [1.165, 1.54) is 0 Å². The van der Waals surface area contributed by atoms with Gasteiger partial charge in [0.25, 0.3) is 5.91 Å². The normalized spacial score (nSPS) is 14.6.